The van der Waals surface area contributed by atoms with E-state index in [4.69, 9.17) is 23.8 Å². The number of fused-ring (bicyclic) bond motifs is 1. The maximum atomic E-state index is 13.6. The second-order valence-electron chi connectivity index (χ2n) is 4.42. The second-order valence-corrected chi connectivity index (χ2v) is 5.26. The number of hydrogen-bond donors (Lipinski definition) is 3. The lowest BCUT2D eigenvalue weighted by Crippen LogP contribution is -2.12. The number of halogens is 2. The van der Waals surface area contributed by atoms with Gasteiger partial charge in [0.2, 0.25) is 0 Å². The molecule has 2 aromatic carbocycles. The minimum atomic E-state index is -0.524. The van der Waals surface area contributed by atoms with E-state index in [0.29, 0.717) is 26.5 Å². The van der Waals surface area contributed by atoms with Gasteiger partial charge in [0, 0.05) is 10.7 Å². The molecule has 1 amide bonds. The molecule has 0 fully saturated rings. The average molecular weight is 322 g/mol. The molecular weight excluding hydrogens is 313 g/mol. The van der Waals surface area contributed by atoms with E-state index in [9.17, 15) is 9.18 Å². The van der Waals surface area contributed by atoms with Crippen LogP contribution in [0.4, 0.5) is 10.1 Å². The van der Waals surface area contributed by atoms with Crippen molar-refractivity contribution in [2.45, 2.75) is 0 Å². The molecule has 3 aromatic rings. The van der Waals surface area contributed by atoms with E-state index in [1.165, 1.54) is 6.07 Å². The predicted octanol–water partition coefficient (Wildman–Crippen LogP) is 4.27. The number of carbonyl (C=O) groups excluding carboxylic acids is 1. The van der Waals surface area contributed by atoms with Gasteiger partial charge in [0.25, 0.3) is 5.91 Å². The van der Waals surface area contributed by atoms with Crippen LogP contribution in [0.1, 0.15) is 10.4 Å². The molecule has 0 radical (unpaired) electrons. The standard InChI is InChI=1S/C14H9ClFN3OS/c15-7-2-1-3-9(4-7)17-13(20)10-5-8(16)6-11-12(10)19-14(21)18-11/h1-6H,(H,17,20)(H2,18,19,21). The van der Waals surface area contributed by atoms with Gasteiger partial charge in [-0.1, -0.05) is 17.7 Å². The van der Waals surface area contributed by atoms with Crippen LogP contribution in [0.5, 0.6) is 0 Å². The zero-order valence-electron chi connectivity index (χ0n) is 10.5. The number of rotatable bonds is 2. The highest BCUT2D eigenvalue weighted by atomic mass is 35.5. The fourth-order valence-electron chi connectivity index (χ4n) is 2.05. The van der Waals surface area contributed by atoms with Gasteiger partial charge in [-0.25, -0.2) is 4.39 Å². The summed E-state index contributed by atoms with van der Waals surface area (Å²) in [7, 11) is 0. The van der Waals surface area contributed by atoms with Crippen molar-refractivity contribution in [2.75, 3.05) is 5.32 Å². The number of aromatic amines is 2. The fraction of sp³-hybridized carbons (Fsp3) is 0. The lowest BCUT2D eigenvalue weighted by atomic mass is 10.1. The molecule has 0 aliphatic rings. The van der Waals surface area contributed by atoms with Crippen molar-refractivity contribution in [1.82, 2.24) is 9.97 Å². The molecule has 0 atom stereocenters. The normalized spacial score (nSPS) is 10.8. The first-order valence-corrected chi connectivity index (χ1v) is 6.80. The van der Waals surface area contributed by atoms with Crippen molar-refractivity contribution < 1.29 is 9.18 Å². The van der Waals surface area contributed by atoms with Gasteiger partial charge in [-0.05, 0) is 42.5 Å². The van der Waals surface area contributed by atoms with Gasteiger partial charge in [0.15, 0.2) is 4.77 Å². The van der Waals surface area contributed by atoms with E-state index < -0.39 is 11.7 Å². The maximum Gasteiger partial charge on any atom is 0.257 e. The summed E-state index contributed by atoms with van der Waals surface area (Å²) in [6.45, 7) is 0. The van der Waals surface area contributed by atoms with E-state index in [0.717, 1.165) is 6.07 Å². The summed E-state index contributed by atoms with van der Waals surface area (Å²) < 4.78 is 13.9. The molecule has 106 valence electrons. The summed E-state index contributed by atoms with van der Waals surface area (Å²) in [6.07, 6.45) is 0. The number of benzene rings is 2. The van der Waals surface area contributed by atoms with E-state index in [-0.39, 0.29) is 5.56 Å². The molecule has 1 aromatic heterocycles. The number of anilines is 1. The molecule has 1 heterocycles. The van der Waals surface area contributed by atoms with E-state index >= 15 is 0 Å². The van der Waals surface area contributed by atoms with Crippen molar-refractivity contribution >= 4 is 46.4 Å². The number of imidazole rings is 1. The number of nitrogens with one attached hydrogen (secondary N) is 3. The van der Waals surface area contributed by atoms with Gasteiger partial charge >= 0.3 is 0 Å². The smallest absolute Gasteiger partial charge is 0.257 e. The molecule has 0 spiro atoms. The summed E-state index contributed by atoms with van der Waals surface area (Å²) in [4.78, 5) is 17.9. The minimum Gasteiger partial charge on any atom is -0.331 e. The van der Waals surface area contributed by atoms with Gasteiger partial charge in [-0.3, -0.25) is 4.79 Å². The molecule has 4 nitrogen and oxygen atoms in total. The van der Waals surface area contributed by atoms with Crippen molar-refractivity contribution in [3.63, 3.8) is 0 Å². The predicted molar refractivity (Wildman–Crippen MR) is 82.8 cm³/mol. The van der Waals surface area contributed by atoms with Gasteiger partial charge in [-0.2, -0.15) is 0 Å². The minimum absolute atomic E-state index is 0.164. The van der Waals surface area contributed by atoms with Crippen LogP contribution in [0.25, 0.3) is 11.0 Å². The highest BCUT2D eigenvalue weighted by Gasteiger charge is 2.14. The maximum absolute atomic E-state index is 13.6. The molecule has 0 aliphatic heterocycles. The number of hydrogen-bond acceptors (Lipinski definition) is 2. The molecular formula is C14H9ClFN3OS. The Morgan fingerprint density at radius 3 is 2.81 bits per heavy atom. The van der Waals surface area contributed by atoms with Crippen LogP contribution in [0, 0.1) is 10.6 Å². The first-order chi connectivity index (χ1) is 10.0. The zero-order valence-corrected chi connectivity index (χ0v) is 12.1. The van der Waals surface area contributed by atoms with Crippen LogP contribution < -0.4 is 5.32 Å². The largest absolute Gasteiger partial charge is 0.331 e. The van der Waals surface area contributed by atoms with Crippen molar-refractivity contribution in [3.05, 3.63) is 57.6 Å². The van der Waals surface area contributed by atoms with Crippen molar-refractivity contribution in [3.8, 4) is 0 Å². The third-order valence-corrected chi connectivity index (χ3v) is 3.36. The summed E-state index contributed by atoms with van der Waals surface area (Å²) in [5.74, 6) is -0.976. The van der Waals surface area contributed by atoms with Crippen LogP contribution in [0.15, 0.2) is 36.4 Å². The number of aromatic nitrogens is 2. The lowest BCUT2D eigenvalue weighted by molar-refractivity contribution is 0.102. The fourth-order valence-corrected chi connectivity index (χ4v) is 2.45. The molecule has 21 heavy (non-hydrogen) atoms. The van der Waals surface area contributed by atoms with E-state index in [1.54, 1.807) is 24.3 Å². The van der Waals surface area contributed by atoms with Gasteiger partial charge in [0.05, 0.1) is 16.6 Å². The first kappa shape index (κ1) is 13.8. The Morgan fingerprint density at radius 2 is 2.05 bits per heavy atom. The van der Waals surface area contributed by atoms with Crippen molar-refractivity contribution in [1.29, 1.82) is 0 Å². The third kappa shape index (κ3) is 2.81. The molecule has 0 unspecified atom stereocenters. The van der Waals surface area contributed by atoms with Gasteiger partial charge < -0.3 is 15.3 Å². The number of carbonyl (C=O) groups is 1. The molecule has 0 saturated heterocycles. The van der Waals surface area contributed by atoms with Crippen LogP contribution in [0.2, 0.25) is 5.02 Å². The second kappa shape index (κ2) is 5.31. The summed E-state index contributed by atoms with van der Waals surface area (Å²) >= 11 is 10.8. The highest BCUT2D eigenvalue weighted by molar-refractivity contribution is 7.71. The zero-order chi connectivity index (χ0) is 15.0. The topological polar surface area (TPSA) is 60.7 Å². The Balaban J connectivity index is 2.03. The number of amides is 1. The molecule has 0 saturated carbocycles. The van der Waals surface area contributed by atoms with Gasteiger partial charge in [0.1, 0.15) is 5.82 Å². The third-order valence-electron chi connectivity index (χ3n) is 2.92. The average Bonchev–Trinajstić information content (AvgIpc) is 2.77. The SMILES string of the molecule is O=C(Nc1cccc(Cl)c1)c1cc(F)cc2[nH]c(=S)[nH]c12. The Morgan fingerprint density at radius 1 is 1.24 bits per heavy atom. The number of H-pyrrole nitrogens is 2. The van der Waals surface area contributed by atoms with E-state index in [1.807, 2.05) is 0 Å². The Hall–Kier alpha value is -2.18. The molecule has 3 N–H and O–H groups in total. The van der Waals surface area contributed by atoms with Crippen LogP contribution in [-0.2, 0) is 0 Å². The highest BCUT2D eigenvalue weighted by Crippen LogP contribution is 2.20. The van der Waals surface area contributed by atoms with Crippen LogP contribution in [-0.4, -0.2) is 15.9 Å². The Labute approximate surface area is 129 Å². The Kier molecular flexibility index (Phi) is 3.48. The monoisotopic (exact) mass is 321 g/mol. The van der Waals surface area contributed by atoms with Gasteiger partial charge in [-0.15, -0.1) is 0 Å². The molecule has 7 heteroatoms. The van der Waals surface area contributed by atoms with Crippen molar-refractivity contribution in [2.24, 2.45) is 0 Å². The van der Waals surface area contributed by atoms with Crippen LogP contribution in [0.3, 0.4) is 0 Å². The Bertz CT molecular complexity index is 903. The van der Waals surface area contributed by atoms with E-state index in [2.05, 4.69) is 15.3 Å². The summed E-state index contributed by atoms with van der Waals surface area (Å²) in [6, 6.07) is 9.14. The lowest BCUT2D eigenvalue weighted by Gasteiger charge is -2.06. The molecule has 3 rings (SSSR count). The molecule has 0 aliphatic carbocycles. The quantitative estimate of drug-likeness (QED) is 0.617. The summed E-state index contributed by atoms with van der Waals surface area (Å²) in [5, 5.41) is 3.17. The van der Waals surface area contributed by atoms with Crippen LogP contribution >= 0.6 is 23.8 Å². The first-order valence-electron chi connectivity index (χ1n) is 6.01. The molecule has 0 bridgehead atoms. The summed E-state index contributed by atoms with van der Waals surface area (Å²) in [5.41, 5.74) is 1.59.